The molecule has 3 rings (SSSR count). The number of nitrogen functional groups attached to an aromatic ring is 1. The van der Waals surface area contributed by atoms with E-state index in [1.54, 1.807) is 6.07 Å². The standard InChI is InChI=1S/C14H18FN3/c15-10-7-8-13-12(9-10)17-14(16)18(13)11-5-3-1-2-4-6-11/h7-9,11H,1-6H2,(H2,16,17). The topological polar surface area (TPSA) is 43.8 Å². The largest absolute Gasteiger partial charge is 0.369 e. The van der Waals surface area contributed by atoms with Gasteiger partial charge in [-0.25, -0.2) is 9.37 Å². The van der Waals surface area contributed by atoms with Crippen molar-refractivity contribution in [1.82, 2.24) is 9.55 Å². The number of benzene rings is 1. The van der Waals surface area contributed by atoms with E-state index < -0.39 is 0 Å². The SMILES string of the molecule is Nc1nc2cc(F)ccc2n1C1CCCCCC1. The molecule has 0 unspecified atom stereocenters. The summed E-state index contributed by atoms with van der Waals surface area (Å²) in [6, 6.07) is 5.15. The number of hydrogen-bond donors (Lipinski definition) is 1. The third kappa shape index (κ3) is 1.96. The quantitative estimate of drug-likeness (QED) is 0.782. The Kier molecular flexibility index (Phi) is 2.94. The summed E-state index contributed by atoms with van der Waals surface area (Å²) in [5, 5.41) is 0. The van der Waals surface area contributed by atoms with Gasteiger partial charge in [-0.05, 0) is 25.0 Å². The Morgan fingerprint density at radius 1 is 1.17 bits per heavy atom. The van der Waals surface area contributed by atoms with E-state index >= 15 is 0 Å². The number of fused-ring (bicyclic) bond motifs is 1. The number of aromatic nitrogens is 2. The van der Waals surface area contributed by atoms with Crippen molar-refractivity contribution < 1.29 is 4.39 Å². The number of nitrogens with two attached hydrogens (primary N) is 1. The highest BCUT2D eigenvalue weighted by atomic mass is 19.1. The smallest absolute Gasteiger partial charge is 0.201 e. The minimum absolute atomic E-state index is 0.256. The zero-order valence-corrected chi connectivity index (χ0v) is 10.4. The average molecular weight is 247 g/mol. The first kappa shape index (κ1) is 11.5. The van der Waals surface area contributed by atoms with Crippen molar-refractivity contribution in [2.45, 2.75) is 44.6 Å². The Morgan fingerprint density at radius 3 is 2.61 bits per heavy atom. The molecule has 2 aromatic rings. The molecule has 1 saturated carbocycles. The average Bonchev–Trinajstić information content (AvgIpc) is 2.54. The monoisotopic (exact) mass is 247 g/mol. The fraction of sp³-hybridized carbons (Fsp3) is 0.500. The number of halogens is 1. The summed E-state index contributed by atoms with van der Waals surface area (Å²) in [5.74, 6) is 0.260. The van der Waals surface area contributed by atoms with Gasteiger partial charge >= 0.3 is 0 Å². The molecule has 0 amide bonds. The molecule has 1 aromatic heterocycles. The van der Waals surface area contributed by atoms with E-state index in [0.717, 1.165) is 18.4 Å². The molecule has 1 fully saturated rings. The highest BCUT2D eigenvalue weighted by Gasteiger charge is 2.19. The lowest BCUT2D eigenvalue weighted by Crippen LogP contribution is -2.11. The third-order valence-electron chi connectivity index (χ3n) is 3.87. The molecule has 1 heterocycles. The van der Waals surface area contributed by atoms with Crippen LogP contribution in [0.4, 0.5) is 10.3 Å². The van der Waals surface area contributed by atoms with Gasteiger partial charge in [-0.15, -0.1) is 0 Å². The Morgan fingerprint density at radius 2 is 1.89 bits per heavy atom. The molecule has 1 aliphatic rings. The minimum atomic E-state index is -0.256. The van der Waals surface area contributed by atoms with Crippen molar-refractivity contribution in [2.24, 2.45) is 0 Å². The highest BCUT2D eigenvalue weighted by molar-refractivity contribution is 5.78. The molecule has 96 valence electrons. The van der Waals surface area contributed by atoms with Crippen LogP contribution in [-0.2, 0) is 0 Å². The van der Waals surface area contributed by atoms with Crippen LogP contribution in [0.25, 0.3) is 11.0 Å². The number of rotatable bonds is 1. The summed E-state index contributed by atoms with van der Waals surface area (Å²) in [4.78, 5) is 4.28. The van der Waals surface area contributed by atoms with Gasteiger partial charge < -0.3 is 10.3 Å². The van der Waals surface area contributed by atoms with E-state index in [0.29, 0.717) is 17.5 Å². The molecule has 1 aromatic carbocycles. The highest BCUT2D eigenvalue weighted by Crippen LogP contribution is 2.32. The van der Waals surface area contributed by atoms with E-state index in [9.17, 15) is 4.39 Å². The zero-order chi connectivity index (χ0) is 12.5. The Bertz CT molecular complexity index is 553. The first-order valence-electron chi connectivity index (χ1n) is 6.68. The predicted octanol–water partition coefficient (Wildman–Crippen LogP) is 3.65. The van der Waals surface area contributed by atoms with Crippen LogP contribution in [0.1, 0.15) is 44.6 Å². The van der Waals surface area contributed by atoms with Gasteiger partial charge in [0.05, 0.1) is 11.0 Å². The maximum atomic E-state index is 13.2. The predicted molar refractivity (Wildman–Crippen MR) is 70.8 cm³/mol. The van der Waals surface area contributed by atoms with Crippen molar-refractivity contribution >= 4 is 17.0 Å². The number of hydrogen-bond acceptors (Lipinski definition) is 2. The lowest BCUT2D eigenvalue weighted by molar-refractivity contribution is 0.459. The fourth-order valence-electron chi connectivity index (χ4n) is 2.99. The lowest BCUT2D eigenvalue weighted by atomic mass is 10.1. The van der Waals surface area contributed by atoms with Crippen molar-refractivity contribution in [1.29, 1.82) is 0 Å². The van der Waals surface area contributed by atoms with Crippen molar-refractivity contribution in [3.63, 3.8) is 0 Å². The van der Waals surface area contributed by atoms with E-state index in [1.165, 1.54) is 37.8 Å². The molecule has 1 aliphatic carbocycles. The van der Waals surface area contributed by atoms with Gasteiger partial charge in [0.1, 0.15) is 5.82 Å². The molecule has 0 atom stereocenters. The van der Waals surface area contributed by atoms with Crippen molar-refractivity contribution in [3.8, 4) is 0 Å². The van der Waals surface area contributed by atoms with Gasteiger partial charge in [0.25, 0.3) is 0 Å². The third-order valence-corrected chi connectivity index (χ3v) is 3.87. The fourth-order valence-corrected chi connectivity index (χ4v) is 2.99. The van der Waals surface area contributed by atoms with Crippen LogP contribution >= 0.6 is 0 Å². The molecular weight excluding hydrogens is 229 g/mol. The first-order valence-corrected chi connectivity index (χ1v) is 6.68. The minimum Gasteiger partial charge on any atom is -0.369 e. The van der Waals surface area contributed by atoms with Gasteiger partial charge in [0, 0.05) is 12.1 Å². The number of nitrogens with zero attached hydrogens (tertiary/aromatic N) is 2. The lowest BCUT2D eigenvalue weighted by Gasteiger charge is -2.18. The van der Waals surface area contributed by atoms with Crippen molar-refractivity contribution in [2.75, 3.05) is 5.73 Å². The molecular formula is C14H18FN3. The van der Waals surface area contributed by atoms with E-state index in [2.05, 4.69) is 9.55 Å². The van der Waals surface area contributed by atoms with Crippen LogP contribution in [-0.4, -0.2) is 9.55 Å². The maximum absolute atomic E-state index is 13.2. The summed E-state index contributed by atoms with van der Waals surface area (Å²) in [6.07, 6.45) is 7.38. The van der Waals surface area contributed by atoms with Crippen LogP contribution < -0.4 is 5.73 Å². The van der Waals surface area contributed by atoms with Gasteiger partial charge in [0.15, 0.2) is 0 Å². The maximum Gasteiger partial charge on any atom is 0.201 e. The van der Waals surface area contributed by atoms with Crippen LogP contribution in [0, 0.1) is 5.82 Å². The Hall–Kier alpha value is -1.58. The molecule has 0 saturated heterocycles. The van der Waals surface area contributed by atoms with Gasteiger partial charge in [-0.2, -0.15) is 0 Å². The summed E-state index contributed by atoms with van der Waals surface area (Å²) >= 11 is 0. The molecule has 0 bridgehead atoms. The van der Waals surface area contributed by atoms with Gasteiger partial charge in [-0.3, -0.25) is 0 Å². The molecule has 0 spiro atoms. The summed E-state index contributed by atoms with van der Waals surface area (Å²) in [6.45, 7) is 0. The van der Waals surface area contributed by atoms with Crippen LogP contribution in [0.2, 0.25) is 0 Å². The van der Waals surface area contributed by atoms with Crippen molar-refractivity contribution in [3.05, 3.63) is 24.0 Å². The van der Waals surface area contributed by atoms with Crippen LogP contribution in [0.3, 0.4) is 0 Å². The molecule has 18 heavy (non-hydrogen) atoms. The normalized spacial score (nSPS) is 18.1. The molecule has 0 radical (unpaired) electrons. The summed E-state index contributed by atoms with van der Waals surface area (Å²) in [7, 11) is 0. The number of anilines is 1. The Balaban J connectivity index is 2.06. The summed E-state index contributed by atoms with van der Waals surface area (Å²) in [5.41, 5.74) is 7.64. The van der Waals surface area contributed by atoms with E-state index in [-0.39, 0.29) is 5.82 Å². The molecule has 2 N–H and O–H groups in total. The summed E-state index contributed by atoms with van der Waals surface area (Å²) < 4.78 is 15.3. The second-order valence-electron chi connectivity index (χ2n) is 5.12. The second-order valence-corrected chi connectivity index (χ2v) is 5.12. The molecule has 3 nitrogen and oxygen atoms in total. The first-order chi connectivity index (χ1) is 8.75. The Labute approximate surface area is 106 Å². The second kappa shape index (κ2) is 4.59. The number of imidazole rings is 1. The van der Waals surface area contributed by atoms with Gasteiger partial charge in [-0.1, -0.05) is 25.7 Å². The molecule has 0 aliphatic heterocycles. The van der Waals surface area contributed by atoms with Crippen LogP contribution in [0.5, 0.6) is 0 Å². The molecule has 4 heteroatoms. The van der Waals surface area contributed by atoms with E-state index in [1.807, 2.05) is 0 Å². The van der Waals surface area contributed by atoms with Gasteiger partial charge in [0.2, 0.25) is 5.95 Å². The van der Waals surface area contributed by atoms with E-state index in [4.69, 9.17) is 5.73 Å². The van der Waals surface area contributed by atoms with Crippen LogP contribution in [0.15, 0.2) is 18.2 Å². The zero-order valence-electron chi connectivity index (χ0n) is 10.4.